The Kier molecular flexibility index (Phi) is 4.56. The van der Waals surface area contributed by atoms with E-state index in [-0.39, 0.29) is 5.78 Å². The molecule has 0 bridgehead atoms. The lowest BCUT2D eigenvalue weighted by molar-refractivity contribution is -0.386. The minimum atomic E-state index is -0.686. The third kappa shape index (κ3) is 3.82. The summed E-state index contributed by atoms with van der Waals surface area (Å²) in [6.45, 7) is 1.91. The number of hydrogen-bond acceptors (Lipinski definition) is 4. The van der Waals surface area contributed by atoms with Gasteiger partial charge in [0.15, 0.2) is 0 Å². The molecule has 0 spiro atoms. The van der Waals surface area contributed by atoms with E-state index in [1.807, 2.05) is 0 Å². The van der Waals surface area contributed by atoms with Gasteiger partial charge in [0.2, 0.25) is 0 Å². The second-order valence-electron chi connectivity index (χ2n) is 3.81. The average molecular weight is 238 g/mol. The maximum absolute atomic E-state index is 11.6. The number of pyridine rings is 1. The van der Waals surface area contributed by atoms with Crippen LogP contribution in [0.25, 0.3) is 0 Å². The van der Waals surface area contributed by atoms with Gasteiger partial charge in [-0.15, -0.1) is 0 Å². The van der Waals surface area contributed by atoms with Crippen molar-refractivity contribution in [2.45, 2.75) is 32.7 Å². The summed E-state index contributed by atoms with van der Waals surface area (Å²) in [5.74, 6) is 0.108. The molecule has 17 heavy (non-hydrogen) atoms. The number of rotatable bonds is 6. The highest BCUT2D eigenvalue weighted by Gasteiger charge is 2.12. The summed E-state index contributed by atoms with van der Waals surface area (Å²) in [6.07, 6.45) is 3.33. The van der Waals surface area contributed by atoms with Crippen LogP contribution in [0.1, 0.15) is 26.2 Å². The van der Waals surface area contributed by atoms with Crippen LogP contribution in [0.15, 0.2) is 23.1 Å². The van der Waals surface area contributed by atoms with E-state index >= 15 is 0 Å². The van der Waals surface area contributed by atoms with Gasteiger partial charge >= 0.3 is 11.2 Å². The first kappa shape index (κ1) is 13.1. The topological polar surface area (TPSA) is 82.2 Å². The lowest BCUT2D eigenvalue weighted by atomic mass is 10.2. The molecule has 0 aromatic carbocycles. The number of aromatic nitrogens is 1. The zero-order valence-corrected chi connectivity index (χ0v) is 9.59. The molecular weight excluding hydrogens is 224 g/mol. The zero-order chi connectivity index (χ0) is 12.8. The minimum absolute atomic E-state index is 0.108. The van der Waals surface area contributed by atoms with E-state index in [1.165, 1.54) is 29.8 Å². The summed E-state index contributed by atoms with van der Waals surface area (Å²) in [4.78, 5) is 32.2. The highest BCUT2D eigenvalue weighted by Crippen LogP contribution is 2.04. The molecular formula is C11H14N2O4. The second kappa shape index (κ2) is 5.93. The van der Waals surface area contributed by atoms with Gasteiger partial charge in [-0.05, 0) is 25.8 Å². The van der Waals surface area contributed by atoms with Crippen molar-refractivity contribution in [2.24, 2.45) is 0 Å². The van der Waals surface area contributed by atoms with Crippen LogP contribution in [0.3, 0.4) is 0 Å². The summed E-state index contributed by atoms with van der Waals surface area (Å²) in [5, 5.41) is 10.5. The van der Waals surface area contributed by atoms with Crippen LogP contribution in [-0.4, -0.2) is 15.3 Å². The molecule has 0 N–H and O–H groups in total. The van der Waals surface area contributed by atoms with Crippen molar-refractivity contribution in [1.29, 1.82) is 0 Å². The SMILES string of the molecule is CC(=O)CCCCn1cccc([N+](=O)[O-])c1=O. The van der Waals surface area contributed by atoms with Gasteiger partial charge < -0.3 is 9.36 Å². The lowest BCUT2D eigenvalue weighted by Gasteiger charge is -2.04. The number of unbranched alkanes of at least 4 members (excludes halogenated alkanes) is 1. The molecule has 0 aliphatic carbocycles. The number of carbonyl (C=O) groups is 1. The van der Waals surface area contributed by atoms with E-state index in [2.05, 4.69) is 0 Å². The lowest BCUT2D eigenvalue weighted by Crippen LogP contribution is -2.21. The van der Waals surface area contributed by atoms with Crippen molar-refractivity contribution in [1.82, 2.24) is 4.57 Å². The molecule has 6 nitrogen and oxygen atoms in total. The maximum atomic E-state index is 11.6. The molecule has 0 saturated carbocycles. The highest BCUT2D eigenvalue weighted by molar-refractivity contribution is 5.75. The van der Waals surface area contributed by atoms with Crippen molar-refractivity contribution >= 4 is 11.5 Å². The van der Waals surface area contributed by atoms with Crippen LogP contribution in [0, 0.1) is 10.1 Å². The molecule has 0 aliphatic heterocycles. The summed E-state index contributed by atoms with van der Waals surface area (Å²) in [6, 6.07) is 2.67. The Labute approximate surface area is 98.0 Å². The zero-order valence-electron chi connectivity index (χ0n) is 9.59. The highest BCUT2D eigenvalue weighted by atomic mass is 16.6. The van der Waals surface area contributed by atoms with E-state index in [1.54, 1.807) is 0 Å². The molecule has 1 heterocycles. The van der Waals surface area contributed by atoms with Gasteiger partial charge in [-0.1, -0.05) is 0 Å². The Morgan fingerprint density at radius 2 is 2.18 bits per heavy atom. The number of Topliss-reactive ketones (excluding diaryl/α,β-unsaturated/α-hetero) is 1. The molecule has 0 fully saturated rings. The Morgan fingerprint density at radius 3 is 2.76 bits per heavy atom. The quantitative estimate of drug-likeness (QED) is 0.427. The van der Waals surface area contributed by atoms with E-state index in [9.17, 15) is 19.7 Å². The minimum Gasteiger partial charge on any atom is -0.310 e. The molecule has 6 heteroatoms. The normalized spacial score (nSPS) is 10.2. The first-order valence-electron chi connectivity index (χ1n) is 5.35. The van der Waals surface area contributed by atoms with Crippen LogP contribution >= 0.6 is 0 Å². The second-order valence-corrected chi connectivity index (χ2v) is 3.81. The number of aryl methyl sites for hydroxylation is 1. The molecule has 1 aromatic rings. The predicted molar refractivity (Wildman–Crippen MR) is 61.9 cm³/mol. The van der Waals surface area contributed by atoms with E-state index in [4.69, 9.17) is 0 Å². The van der Waals surface area contributed by atoms with Crippen molar-refractivity contribution in [2.75, 3.05) is 0 Å². The first-order chi connectivity index (χ1) is 8.02. The number of nitro groups is 1. The molecule has 0 amide bonds. The number of ketones is 1. The molecule has 0 saturated heterocycles. The summed E-state index contributed by atoms with van der Waals surface area (Å²) in [7, 11) is 0. The Balaban J connectivity index is 2.66. The molecule has 1 rings (SSSR count). The smallest absolute Gasteiger partial charge is 0.310 e. The number of nitrogens with zero attached hydrogens (tertiary/aromatic N) is 2. The van der Waals surface area contributed by atoms with E-state index in [0.29, 0.717) is 25.8 Å². The van der Waals surface area contributed by atoms with Gasteiger partial charge in [0, 0.05) is 25.2 Å². The third-order valence-electron chi connectivity index (χ3n) is 2.37. The van der Waals surface area contributed by atoms with Crippen molar-refractivity contribution in [3.8, 4) is 0 Å². The molecule has 92 valence electrons. The molecule has 0 radical (unpaired) electrons. The van der Waals surface area contributed by atoms with Crippen LogP contribution in [0.5, 0.6) is 0 Å². The fourth-order valence-electron chi connectivity index (χ4n) is 1.50. The van der Waals surface area contributed by atoms with Crippen LogP contribution < -0.4 is 5.56 Å². The van der Waals surface area contributed by atoms with E-state index < -0.39 is 16.2 Å². The first-order valence-corrected chi connectivity index (χ1v) is 5.35. The van der Waals surface area contributed by atoms with Gasteiger partial charge in [-0.3, -0.25) is 14.9 Å². The molecule has 1 aromatic heterocycles. The number of carbonyl (C=O) groups excluding carboxylic acids is 1. The molecule has 0 aliphatic rings. The fraction of sp³-hybridized carbons (Fsp3) is 0.455. The summed E-state index contributed by atoms with van der Waals surface area (Å²) in [5.41, 5.74) is -1.01. The van der Waals surface area contributed by atoms with Gasteiger partial charge in [-0.25, -0.2) is 0 Å². The number of hydrogen-bond donors (Lipinski definition) is 0. The average Bonchev–Trinajstić information content (AvgIpc) is 2.25. The van der Waals surface area contributed by atoms with Crippen LogP contribution in [-0.2, 0) is 11.3 Å². The Hall–Kier alpha value is -1.98. The predicted octanol–water partition coefficient (Wildman–Crippen LogP) is 1.52. The van der Waals surface area contributed by atoms with Crippen LogP contribution in [0.2, 0.25) is 0 Å². The van der Waals surface area contributed by atoms with Crippen molar-refractivity contribution in [3.05, 3.63) is 38.8 Å². The van der Waals surface area contributed by atoms with Crippen LogP contribution in [0.4, 0.5) is 5.69 Å². The maximum Gasteiger partial charge on any atom is 0.334 e. The third-order valence-corrected chi connectivity index (χ3v) is 2.37. The van der Waals surface area contributed by atoms with Gasteiger partial charge in [0.25, 0.3) is 0 Å². The molecule has 0 unspecified atom stereocenters. The molecule has 0 atom stereocenters. The van der Waals surface area contributed by atoms with Gasteiger partial charge in [-0.2, -0.15) is 0 Å². The van der Waals surface area contributed by atoms with Crippen molar-refractivity contribution in [3.63, 3.8) is 0 Å². The monoisotopic (exact) mass is 238 g/mol. The largest absolute Gasteiger partial charge is 0.334 e. The van der Waals surface area contributed by atoms with E-state index in [0.717, 1.165) is 0 Å². The standard InChI is InChI=1S/C11H14N2O4/c1-9(14)5-2-3-7-12-8-4-6-10(11(12)15)13(16)17/h4,6,8H,2-3,5,7H2,1H3. The van der Waals surface area contributed by atoms with Crippen molar-refractivity contribution < 1.29 is 9.72 Å². The summed E-state index contributed by atoms with van der Waals surface area (Å²) < 4.78 is 1.30. The van der Waals surface area contributed by atoms with Gasteiger partial charge in [0.1, 0.15) is 5.78 Å². The fourth-order valence-corrected chi connectivity index (χ4v) is 1.50. The summed E-state index contributed by atoms with van der Waals surface area (Å²) >= 11 is 0. The van der Waals surface area contributed by atoms with Gasteiger partial charge in [0.05, 0.1) is 4.92 Å². The Morgan fingerprint density at radius 1 is 1.47 bits per heavy atom. The Bertz CT molecular complexity index is 479.